The molecule has 3 aromatic carbocycles. The van der Waals surface area contributed by atoms with E-state index in [0.29, 0.717) is 11.2 Å². The van der Waals surface area contributed by atoms with Gasteiger partial charge in [0.15, 0.2) is 5.11 Å². The molecule has 1 aliphatic carbocycles. The Morgan fingerprint density at radius 1 is 0.900 bits per heavy atom. The Balaban J connectivity index is 1.44. The predicted octanol–water partition coefficient (Wildman–Crippen LogP) is 6.39. The van der Waals surface area contributed by atoms with Crippen LogP contribution in [0.3, 0.4) is 0 Å². The van der Waals surface area contributed by atoms with Crippen LogP contribution in [0.5, 0.6) is 5.75 Å². The third kappa shape index (κ3) is 5.19. The Kier molecular flexibility index (Phi) is 6.65. The van der Waals surface area contributed by atoms with Crippen LogP contribution in [0.4, 0.5) is 5.69 Å². The van der Waals surface area contributed by atoms with E-state index >= 15 is 0 Å². The maximum atomic E-state index is 6.05. The van der Waals surface area contributed by atoms with E-state index in [2.05, 4.69) is 66.1 Å². The first-order valence-electron chi connectivity index (χ1n) is 10.6. The highest BCUT2D eigenvalue weighted by molar-refractivity contribution is 7.80. The van der Waals surface area contributed by atoms with Crippen molar-refractivity contribution in [1.82, 2.24) is 5.32 Å². The number of benzene rings is 3. The third-order valence-electron chi connectivity index (χ3n) is 5.62. The molecular weight excluding hydrogens is 388 g/mol. The molecule has 1 atom stereocenters. The molecule has 0 saturated heterocycles. The molecule has 0 heterocycles. The second-order valence-electron chi connectivity index (χ2n) is 7.85. The van der Waals surface area contributed by atoms with Crippen LogP contribution >= 0.6 is 12.2 Å². The van der Waals surface area contributed by atoms with E-state index in [1.54, 1.807) is 0 Å². The van der Waals surface area contributed by atoms with Crippen molar-refractivity contribution in [3.8, 4) is 5.75 Å². The van der Waals surface area contributed by atoms with Crippen molar-refractivity contribution < 1.29 is 4.74 Å². The van der Waals surface area contributed by atoms with E-state index in [-0.39, 0.29) is 6.04 Å². The van der Waals surface area contributed by atoms with Gasteiger partial charge in [0.25, 0.3) is 0 Å². The van der Waals surface area contributed by atoms with Gasteiger partial charge in [-0.1, -0.05) is 54.6 Å². The van der Waals surface area contributed by atoms with Gasteiger partial charge in [-0.3, -0.25) is 0 Å². The highest BCUT2D eigenvalue weighted by atomic mass is 32.1. The second kappa shape index (κ2) is 9.77. The number of ether oxygens (including phenoxy) is 1. The molecule has 154 valence electrons. The number of nitrogens with one attached hydrogen (secondary N) is 2. The van der Waals surface area contributed by atoms with Crippen molar-refractivity contribution in [2.45, 2.75) is 44.8 Å². The van der Waals surface area contributed by atoms with Gasteiger partial charge in [-0.15, -0.1) is 0 Å². The van der Waals surface area contributed by atoms with Gasteiger partial charge in [0.1, 0.15) is 5.75 Å². The number of thiocarbonyl (C=S) groups is 1. The molecule has 30 heavy (non-hydrogen) atoms. The number of hydrogen-bond acceptors (Lipinski definition) is 2. The molecule has 1 saturated carbocycles. The van der Waals surface area contributed by atoms with E-state index in [1.807, 2.05) is 30.3 Å². The highest BCUT2D eigenvalue weighted by Crippen LogP contribution is 2.26. The zero-order valence-electron chi connectivity index (χ0n) is 17.3. The molecule has 1 fully saturated rings. The molecule has 0 amide bonds. The van der Waals surface area contributed by atoms with Crippen molar-refractivity contribution in [1.29, 1.82) is 0 Å². The zero-order valence-corrected chi connectivity index (χ0v) is 18.1. The summed E-state index contributed by atoms with van der Waals surface area (Å²) in [6.07, 6.45) is 5.23. The van der Waals surface area contributed by atoms with Crippen LogP contribution in [-0.4, -0.2) is 11.2 Å². The molecule has 4 heteroatoms. The van der Waals surface area contributed by atoms with E-state index in [9.17, 15) is 0 Å². The average molecular weight is 417 g/mol. The quantitative estimate of drug-likeness (QED) is 0.456. The fourth-order valence-electron chi connectivity index (χ4n) is 4.01. The van der Waals surface area contributed by atoms with Crippen molar-refractivity contribution >= 4 is 23.0 Å². The Morgan fingerprint density at radius 2 is 1.57 bits per heavy atom. The van der Waals surface area contributed by atoms with E-state index in [0.717, 1.165) is 24.3 Å². The van der Waals surface area contributed by atoms with Crippen LogP contribution in [0.15, 0.2) is 78.9 Å². The van der Waals surface area contributed by atoms with Gasteiger partial charge < -0.3 is 15.4 Å². The van der Waals surface area contributed by atoms with Gasteiger partial charge in [0.2, 0.25) is 0 Å². The lowest BCUT2D eigenvalue weighted by molar-refractivity contribution is 0.210. The second-order valence-corrected chi connectivity index (χ2v) is 8.26. The fourth-order valence-corrected chi connectivity index (χ4v) is 4.25. The summed E-state index contributed by atoms with van der Waals surface area (Å²) >= 11 is 5.65. The minimum absolute atomic E-state index is 0.0163. The lowest BCUT2D eigenvalue weighted by atomic mass is 9.95. The summed E-state index contributed by atoms with van der Waals surface area (Å²) in [5.41, 5.74) is 4.57. The monoisotopic (exact) mass is 416 g/mol. The number of anilines is 1. The summed E-state index contributed by atoms with van der Waals surface area (Å²) in [6.45, 7) is 2.13. The standard InChI is InChI=1S/C26H28N2OS/c1-19-9-5-8-14-24(19)25(20-10-3-2-4-11-20)28-26(30)27-21-15-17-23(18-16-21)29-22-12-6-7-13-22/h2-5,8-11,14-18,22,25H,6-7,12-13H2,1H3,(H2,27,28,30)/t25-/m1/s1. The molecular formula is C26H28N2OS. The summed E-state index contributed by atoms with van der Waals surface area (Å²) in [7, 11) is 0. The summed E-state index contributed by atoms with van der Waals surface area (Å²) in [4.78, 5) is 0. The largest absolute Gasteiger partial charge is 0.490 e. The summed E-state index contributed by atoms with van der Waals surface area (Å²) < 4.78 is 6.05. The van der Waals surface area contributed by atoms with Crippen LogP contribution < -0.4 is 15.4 Å². The van der Waals surface area contributed by atoms with Gasteiger partial charge in [-0.25, -0.2) is 0 Å². The fraction of sp³-hybridized carbons (Fsp3) is 0.269. The molecule has 4 rings (SSSR count). The summed E-state index contributed by atoms with van der Waals surface area (Å²) in [5, 5.41) is 7.41. The normalized spacial score (nSPS) is 14.8. The Bertz CT molecular complexity index is 966. The van der Waals surface area contributed by atoms with Crippen LogP contribution in [0.25, 0.3) is 0 Å². The minimum Gasteiger partial charge on any atom is -0.490 e. The number of hydrogen-bond donors (Lipinski definition) is 2. The van der Waals surface area contributed by atoms with Gasteiger partial charge >= 0.3 is 0 Å². The highest BCUT2D eigenvalue weighted by Gasteiger charge is 2.18. The van der Waals surface area contributed by atoms with E-state index < -0.39 is 0 Å². The first kappa shape index (κ1) is 20.4. The first-order valence-corrected chi connectivity index (χ1v) is 11.0. The molecule has 0 spiro atoms. The Hall–Kier alpha value is -2.85. The van der Waals surface area contributed by atoms with Gasteiger partial charge in [-0.05, 0) is 85.8 Å². The SMILES string of the molecule is Cc1ccccc1[C@H](NC(=S)Nc1ccc(OC2CCCC2)cc1)c1ccccc1. The van der Waals surface area contributed by atoms with Crippen LogP contribution in [-0.2, 0) is 0 Å². The Labute approximate surface area is 184 Å². The van der Waals surface area contributed by atoms with Crippen LogP contribution in [0.2, 0.25) is 0 Å². The van der Waals surface area contributed by atoms with Crippen molar-refractivity contribution in [2.75, 3.05) is 5.32 Å². The molecule has 0 radical (unpaired) electrons. The third-order valence-corrected chi connectivity index (χ3v) is 5.84. The van der Waals surface area contributed by atoms with E-state index in [4.69, 9.17) is 17.0 Å². The number of aryl methyl sites for hydroxylation is 1. The minimum atomic E-state index is -0.0163. The summed E-state index contributed by atoms with van der Waals surface area (Å²) in [5.74, 6) is 0.924. The van der Waals surface area contributed by atoms with Crippen LogP contribution in [0, 0.1) is 6.92 Å². The molecule has 0 bridgehead atoms. The first-order chi connectivity index (χ1) is 14.7. The zero-order chi connectivity index (χ0) is 20.8. The van der Waals surface area contributed by atoms with Gasteiger partial charge in [0, 0.05) is 5.69 Å². The smallest absolute Gasteiger partial charge is 0.171 e. The van der Waals surface area contributed by atoms with Gasteiger partial charge in [-0.2, -0.15) is 0 Å². The maximum Gasteiger partial charge on any atom is 0.171 e. The van der Waals surface area contributed by atoms with E-state index in [1.165, 1.54) is 29.5 Å². The molecule has 0 aromatic heterocycles. The molecule has 0 unspecified atom stereocenters. The van der Waals surface area contributed by atoms with Crippen molar-refractivity contribution in [3.05, 3.63) is 95.6 Å². The Morgan fingerprint density at radius 3 is 2.27 bits per heavy atom. The maximum absolute atomic E-state index is 6.05. The van der Waals surface area contributed by atoms with Crippen LogP contribution in [0.1, 0.15) is 48.4 Å². The van der Waals surface area contributed by atoms with Crippen molar-refractivity contribution in [2.24, 2.45) is 0 Å². The van der Waals surface area contributed by atoms with Gasteiger partial charge in [0.05, 0.1) is 12.1 Å². The number of rotatable bonds is 6. The molecule has 3 aromatic rings. The molecule has 1 aliphatic rings. The lowest BCUT2D eigenvalue weighted by Crippen LogP contribution is -2.33. The van der Waals surface area contributed by atoms with Crippen molar-refractivity contribution in [3.63, 3.8) is 0 Å². The summed E-state index contributed by atoms with van der Waals surface area (Å²) in [6, 6.07) is 26.9. The lowest BCUT2D eigenvalue weighted by Gasteiger charge is -2.23. The molecule has 2 N–H and O–H groups in total. The molecule has 3 nitrogen and oxygen atoms in total. The molecule has 0 aliphatic heterocycles. The topological polar surface area (TPSA) is 33.3 Å². The average Bonchev–Trinajstić information content (AvgIpc) is 3.28. The predicted molar refractivity (Wildman–Crippen MR) is 128 cm³/mol.